The lowest BCUT2D eigenvalue weighted by Gasteiger charge is -2.16. The van der Waals surface area contributed by atoms with Crippen LogP contribution in [0.4, 0.5) is 11.5 Å². The molecule has 0 atom stereocenters. The van der Waals surface area contributed by atoms with Crippen LogP contribution >= 0.6 is 11.6 Å². The predicted molar refractivity (Wildman–Crippen MR) is 117 cm³/mol. The molecule has 3 rings (SSSR count). The van der Waals surface area contributed by atoms with Crippen molar-refractivity contribution >= 4 is 40.1 Å². The molecule has 0 bridgehead atoms. The third-order valence-corrected chi connectivity index (χ3v) is 4.84. The molecule has 0 aliphatic rings. The minimum absolute atomic E-state index is 0.0773. The molecule has 8 heteroatoms. The van der Waals surface area contributed by atoms with Crippen molar-refractivity contribution in [3.05, 3.63) is 46.1 Å². The van der Waals surface area contributed by atoms with Crippen LogP contribution in [-0.2, 0) is 4.74 Å². The summed E-state index contributed by atoms with van der Waals surface area (Å²) in [5.74, 6) is 0.616. The van der Waals surface area contributed by atoms with Gasteiger partial charge >= 0.3 is 5.97 Å². The molecule has 3 aromatic rings. The van der Waals surface area contributed by atoms with Crippen molar-refractivity contribution in [3.63, 3.8) is 0 Å². The standard InChI is InChI=1S/C22H24ClN3O4/c1-11(2)30-22(27)20-21(25-16-8-13(4)12(3)7-15(16)24-20)26-17-9-14(23)18(28-5)10-19(17)29-6/h7-11H,1-6H3,(H,25,26). The van der Waals surface area contributed by atoms with Crippen molar-refractivity contribution in [1.82, 2.24) is 9.97 Å². The van der Waals surface area contributed by atoms with Gasteiger partial charge in [-0.1, -0.05) is 11.6 Å². The number of nitrogens with one attached hydrogen (secondary N) is 1. The molecule has 0 fully saturated rings. The number of aryl methyl sites for hydroxylation is 2. The summed E-state index contributed by atoms with van der Waals surface area (Å²) in [6, 6.07) is 7.12. The maximum absolute atomic E-state index is 12.7. The van der Waals surface area contributed by atoms with Crippen LogP contribution in [0.15, 0.2) is 24.3 Å². The molecule has 1 N–H and O–H groups in total. The Balaban J connectivity index is 2.17. The molecule has 0 aliphatic carbocycles. The molecule has 1 heterocycles. The maximum Gasteiger partial charge on any atom is 0.361 e. The van der Waals surface area contributed by atoms with Gasteiger partial charge in [-0.05, 0) is 57.0 Å². The summed E-state index contributed by atoms with van der Waals surface area (Å²) in [5, 5.41) is 3.51. The fourth-order valence-electron chi connectivity index (χ4n) is 2.90. The van der Waals surface area contributed by atoms with E-state index < -0.39 is 5.97 Å². The lowest BCUT2D eigenvalue weighted by Crippen LogP contribution is -2.16. The van der Waals surface area contributed by atoms with Crippen molar-refractivity contribution in [1.29, 1.82) is 0 Å². The van der Waals surface area contributed by atoms with Gasteiger partial charge in [0.25, 0.3) is 0 Å². The minimum atomic E-state index is -0.571. The number of halogens is 1. The molecule has 0 saturated carbocycles. The van der Waals surface area contributed by atoms with Crippen LogP contribution in [0.1, 0.15) is 35.5 Å². The number of rotatable bonds is 6. The number of ether oxygens (including phenoxy) is 3. The van der Waals surface area contributed by atoms with Crippen molar-refractivity contribution < 1.29 is 19.0 Å². The summed E-state index contributed by atoms with van der Waals surface area (Å²) in [4.78, 5) is 21.9. The average Bonchev–Trinajstić information content (AvgIpc) is 2.68. The maximum atomic E-state index is 12.7. The van der Waals surface area contributed by atoms with Gasteiger partial charge in [0.05, 0.1) is 42.1 Å². The van der Waals surface area contributed by atoms with Gasteiger partial charge in [-0.15, -0.1) is 0 Å². The fourth-order valence-corrected chi connectivity index (χ4v) is 3.14. The number of carbonyl (C=O) groups is 1. The van der Waals surface area contributed by atoms with E-state index >= 15 is 0 Å². The normalized spacial score (nSPS) is 10.9. The van der Waals surface area contributed by atoms with Gasteiger partial charge < -0.3 is 19.5 Å². The van der Waals surface area contributed by atoms with Crippen LogP contribution in [-0.4, -0.2) is 36.3 Å². The van der Waals surface area contributed by atoms with E-state index in [9.17, 15) is 4.79 Å². The Labute approximate surface area is 180 Å². The van der Waals surface area contributed by atoms with Gasteiger partial charge in [-0.3, -0.25) is 0 Å². The van der Waals surface area contributed by atoms with Gasteiger partial charge in [0.2, 0.25) is 0 Å². The number of anilines is 2. The summed E-state index contributed by atoms with van der Waals surface area (Å²) >= 11 is 6.28. The van der Waals surface area contributed by atoms with Gasteiger partial charge in [-0.2, -0.15) is 0 Å². The van der Waals surface area contributed by atoms with Crippen LogP contribution in [0.3, 0.4) is 0 Å². The van der Waals surface area contributed by atoms with Gasteiger partial charge in [0.15, 0.2) is 11.5 Å². The lowest BCUT2D eigenvalue weighted by molar-refractivity contribution is 0.0372. The van der Waals surface area contributed by atoms with Crippen LogP contribution in [0.25, 0.3) is 11.0 Å². The predicted octanol–water partition coefficient (Wildman–Crippen LogP) is 5.23. The number of esters is 1. The molecule has 2 aromatic carbocycles. The second-order valence-electron chi connectivity index (χ2n) is 7.11. The number of nitrogens with zero attached hydrogens (tertiary/aromatic N) is 2. The highest BCUT2D eigenvalue weighted by molar-refractivity contribution is 6.32. The summed E-state index contributed by atoms with van der Waals surface area (Å²) in [5.41, 5.74) is 3.99. The van der Waals surface area contributed by atoms with E-state index in [4.69, 9.17) is 25.8 Å². The first-order chi connectivity index (χ1) is 14.2. The fraction of sp³-hybridized carbons (Fsp3) is 0.318. The zero-order valence-electron chi connectivity index (χ0n) is 17.8. The van der Waals surface area contributed by atoms with Crippen molar-refractivity contribution in [2.75, 3.05) is 19.5 Å². The molecule has 0 spiro atoms. The Morgan fingerprint density at radius 3 is 2.13 bits per heavy atom. The zero-order chi connectivity index (χ0) is 22.0. The molecule has 30 heavy (non-hydrogen) atoms. The number of benzene rings is 2. The third-order valence-electron chi connectivity index (χ3n) is 4.54. The molecule has 0 unspecified atom stereocenters. The van der Waals surface area contributed by atoms with E-state index in [0.717, 1.165) is 11.1 Å². The summed E-state index contributed by atoms with van der Waals surface area (Å²) < 4.78 is 16.1. The smallest absolute Gasteiger partial charge is 0.361 e. The summed E-state index contributed by atoms with van der Waals surface area (Å²) in [6.07, 6.45) is -0.299. The van der Waals surface area contributed by atoms with Crippen molar-refractivity contribution in [2.45, 2.75) is 33.8 Å². The summed E-state index contributed by atoms with van der Waals surface area (Å²) in [6.45, 7) is 7.54. The first-order valence-electron chi connectivity index (χ1n) is 9.42. The van der Waals surface area contributed by atoms with Crippen molar-refractivity contribution in [3.8, 4) is 11.5 Å². The van der Waals surface area contributed by atoms with E-state index in [2.05, 4.69) is 15.3 Å². The van der Waals surface area contributed by atoms with Crippen molar-refractivity contribution in [2.24, 2.45) is 0 Å². The highest BCUT2D eigenvalue weighted by Gasteiger charge is 2.21. The van der Waals surface area contributed by atoms with Gasteiger partial charge in [0, 0.05) is 6.07 Å². The average molecular weight is 430 g/mol. The Kier molecular flexibility index (Phi) is 6.31. The van der Waals surface area contributed by atoms with E-state index in [1.807, 2.05) is 26.0 Å². The number of fused-ring (bicyclic) bond motifs is 1. The summed E-state index contributed by atoms with van der Waals surface area (Å²) in [7, 11) is 3.05. The Bertz CT molecular complexity index is 1120. The lowest BCUT2D eigenvalue weighted by atomic mass is 10.1. The zero-order valence-corrected chi connectivity index (χ0v) is 18.5. The SMILES string of the molecule is COc1cc(OC)c(Nc2nc3cc(C)c(C)cc3nc2C(=O)OC(C)C)cc1Cl. The minimum Gasteiger partial charge on any atom is -0.495 e. The third kappa shape index (κ3) is 4.41. The number of hydrogen-bond donors (Lipinski definition) is 1. The highest BCUT2D eigenvalue weighted by Crippen LogP contribution is 2.37. The number of aromatic nitrogens is 2. The van der Waals surface area contributed by atoms with E-state index in [1.54, 1.807) is 26.0 Å². The topological polar surface area (TPSA) is 82.6 Å². The molecule has 7 nitrogen and oxygen atoms in total. The molecule has 158 valence electrons. The van der Waals surface area contributed by atoms with Crippen LogP contribution in [0.2, 0.25) is 5.02 Å². The first-order valence-corrected chi connectivity index (χ1v) is 9.79. The Morgan fingerprint density at radius 2 is 1.57 bits per heavy atom. The molecular formula is C22H24ClN3O4. The molecule has 0 saturated heterocycles. The van der Waals surface area contributed by atoms with Crippen LogP contribution < -0.4 is 14.8 Å². The van der Waals surface area contributed by atoms with Crippen LogP contribution in [0, 0.1) is 13.8 Å². The molecule has 0 amide bonds. The van der Waals surface area contributed by atoms with E-state index in [0.29, 0.717) is 33.2 Å². The molecule has 1 aromatic heterocycles. The first kappa shape index (κ1) is 21.6. The van der Waals surface area contributed by atoms with Crippen LogP contribution in [0.5, 0.6) is 11.5 Å². The Morgan fingerprint density at radius 1 is 0.967 bits per heavy atom. The van der Waals surface area contributed by atoms with Gasteiger partial charge in [0.1, 0.15) is 11.5 Å². The monoisotopic (exact) mass is 429 g/mol. The van der Waals surface area contributed by atoms with E-state index in [-0.39, 0.29) is 17.6 Å². The largest absolute Gasteiger partial charge is 0.495 e. The molecule has 0 radical (unpaired) electrons. The van der Waals surface area contributed by atoms with E-state index in [1.165, 1.54) is 14.2 Å². The molecular weight excluding hydrogens is 406 g/mol. The highest BCUT2D eigenvalue weighted by atomic mass is 35.5. The second-order valence-corrected chi connectivity index (χ2v) is 7.52. The number of methoxy groups -OCH3 is 2. The number of carbonyl (C=O) groups excluding carboxylic acids is 1. The Hall–Kier alpha value is -3.06. The quantitative estimate of drug-likeness (QED) is 0.537. The molecule has 0 aliphatic heterocycles. The number of hydrogen-bond acceptors (Lipinski definition) is 7. The van der Waals surface area contributed by atoms with Gasteiger partial charge in [-0.25, -0.2) is 14.8 Å². The second kappa shape index (κ2) is 8.75.